The maximum absolute atomic E-state index is 5.38. The molecule has 0 radical (unpaired) electrons. The van der Waals surface area contributed by atoms with E-state index in [2.05, 4.69) is 151 Å². The maximum Gasteiger partial charge on any atom is 0.257 e. The van der Waals surface area contributed by atoms with Crippen molar-refractivity contribution in [3.8, 4) is 17.4 Å². The van der Waals surface area contributed by atoms with E-state index >= 15 is 0 Å². The van der Waals surface area contributed by atoms with Gasteiger partial charge in [0.25, 0.3) is 5.88 Å². The Hall–Kier alpha value is -6.30. The Morgan fingerprint density at radius 1 is 0.479 bits per heavy atom. The van der Waals surface area contributed by atoms with Crippen LogP contribution in [0.2, 0.25) is 0 Å². The molecule has 2 aliphatic rings. The highest BCUT2D eigenvalue weighted by atomic mass is 16.6. The number of fused-ring (bicyclic) bond motifs is 5. The molecule has 8 aromatic heterocycles. The first-order valence-electron chi connectivity index (χ1n) is 26.4. The standard InChI is InChI=1S/2C10H12N2.C10H13NO2.C10H13NO.C9H11N3.5C2H6/c1-8(2)12-7-5-9-10(12)4-3-6-11-9;1-8(2)9-4-3-6-12-7-5-11-10(9)12;1-7(2)8-3-4-9-10(11-8)13-6-5-12-9;1-7(2)8-3-4-10-9(11-8)5-6-12-10;1-7(2)8-4-3-5-12-6-10-11-9(8)12;5*1-2/h2*3-8H,1-2H3;3-4,7H,5-6H2,1-2H3;3-4,7H,5-6H2,1-2H3;3-7H,1-2H3;5*1-2H3. The first kappa shape index (κ1) is 62.7. The summed E-state index contributed by atoms with van der Waals surface area (Å²) in [6.45, 7) is 43.6. The van der Waals surface area contributed by atoms with Crippen LogP contribution in [0.25, 0.3) is 22.3 Å². The Balaban J connectivity index is 0.000000424. The number of ether oxygens (including phenoxy) is 3. The molecule has 0 bridgehead atoms. The predicted molar refractivity (Wildman–Crippen MR) is 300 cm³/mol. The van der Waals surface area contributed by atoms with Crippen molar-refractivity contribution in [3.63, 3.8) is 0 Å². The highest BCUT2D eigenvalue weighted by Crippen LogP contribution is 2.29. The van der Waals surface area contributed by atoms with E-state index in [1.165, 1.54) is 22.3 Å². The first-order valence-corrected chi connectivity index (χ1v) is 26.4. The lowest BCUT2D eigenvalue weighted by atomic mass is 10.1. The van der Waals surface area contributed by atoms with Crippen molar-refractivity contribution in [2.24, 2.45) is 0 Å². The monoisotopic (exact) mass is 974 g/mol. The Bertz CT molecular complexity index is 2520. The number of rotatable bonds is 5. The van der Waals surface area contributed by atoms with Gasteiger partial charge in [0.2, 0.25) is 0 Å². The molecule has 0 fully saturated rings. The smallest absolute Gasteiger partial charge is 0.257 e. The molecule has 0 aliphatic carbocycles. The molecule has 0 aromatic carbocycles. The van der Waals surface area contributed by atoms with E-state index in [-0.39, 0.29) is 0 Å². The highest BCUT2D eigenvalue weighted by Gasteiger charge is 2.16. The molecule has 0 unspecified atom stereocenters. The van der Waals surface area contributed by atoms with Crippen LogP contribution in [0.5, 0.6) is 17.4 Å². The third kappa shape index (κ3) is 19.1. The summed E-state index contributed by atoms with van der Waals surface area (Å²) in [6, 6.07) is 22.9. The molecule has 0 saturated carbocycles. The van der Waals surface area contributed by atoms with Crippen molar-refractivity contribution in [1.82, 2.24) is 43.5 Å². The van der Waals surface area contributed by atoms with E-state index in [1.807, 2.05) is 135 Å². The molecule has 10 rings (SSSR count). The van der Waals surface area contributed by atoms with Crippen LogP contribution in [-0.2, 0) is 6.42 Å². The maximum atomic E-state index is 5.38. The normalized spacial score (nSPS) is 11.3. The van der Waals surface area contributed by atoms with E-state index in [0.717, 1.165) is 52.7 Å². The minimum atomic E-state index is 0.427. The Kier molecular flexibility index (Phi) is 30.8. The summed E-state index contributed by atoms with van der Waals surface area (Å²) in [4.78, 5) is 17.5. The van der Waals surface area contributed by atoms with Crippen molar-refractivity contribution in [3.05, 3.63) is 138 Å². The summed E-state index contributed by atoms with van der Waals surface area (Å²) in [5, 5.41) is 7.91. The summed E-state index contributed by atoms with van der Waals surface area (Å²) in [6.07, 6.45) is 14.4. The van der Waals surface area contributed by atoms with Gasteiger partial charge in [-0.25, -0.2) is 9.97 Å². The quantitative estimate of drug-likeness (QED) is 0.166. The SMILES string of the molecule is CC.CC.CC.CC.CC.CC(C)c1ccc2c(n1)CCO2.CC(C)c1ccc2c(n1)OCCO2.CC(C)c1cccn2ccnc12.CC(C)c1cccn2cnnc12.CC(C)n1ccc2ncccc21. The molecule has 8 aromatic rings. The van der Waals surface area contributed by atoms with E-state index in [9.17, 15) is 0 Å². The molecule has 0 spiro atoms. The van der Waals surface area contributed by atoms with Gasteiger partial charge in [0, 0.05) is 61.0 Å². The molecule has 71 heavy (non-hydrogen) atoms. The number of hydrogen-bond donors (Lipinski definition) is 0. The summed E-state index contributed by atoms with van der Waals surface area (Å²) >= 11 is 0. The average molecular weight is 974 g/mol. The van der Waals surface area contributed by atoms with Crippen LogP contribution >= 0.6 is 0 Å². The van der Waals surface area contributed by atoms with E-state index in [0.29, 0.717) is 48.8 Å². The fraction of sp³-hybridized carbons (Fsp3) is 0.492. The third-order valence-electron chi connectivity index (χ3n) is 10.3. The van der Waals surface area contributed by atoms with Gasteiger partial charge >= 0.3 is 0 Å². The zero-order valence-electron chi connectivity index (χ0n) is 47.4. The lowest BCUT2D eigenvalue weighted by Gasteiger charge is -2.18. The molecular weight excluding hydrogens is 883 g/mol. The van der Waals surface area contributed by atoms with Crippen molar-refractivity contribution in [2.45, 2.75) is 175 Å². The second-order valence-electron chi connectivity index (χ2n) is 16.5. The molecule has 10 heterocycles. The van der Waals surface area contributed by atoms with Gasteiger partial charge < -0.3 is 23.2 Å². The van der Waals surface area contributed by atoms with Gasteiger partial charge in [-0.3, -0.25) is 14.4 Å². The van der Waals surface area contributed by atoms with Gasteiger partial charge in [-0.2, -0.15) is 0 Å². The molecule has 2 aliphatic heterocycles. The van der Waals surface area contributed by atoms with Gasteiger partial charge in [0.15, 0.2) is 11.4 Å². The molecule has 0 N–H and O–H groups in total. The number of nitrogens with zero attached hydrogens (tertiary/aromatic N) is 9. The highest BCUT2D eigenvalue weighted by molar-refractivity contribution is 5.75. The summed E-state index contributed by atoms with van der Waals surface area (Å²) < 4.78 is 22.3. The molecule has 0 saturated heterocycles. The van der Waals surface area contributed by atoms with Crippen LogP contribution in [0, 0.1) is 0 Å². The molecule has 12 nitrogen and oxygen atoms in total. The van der Waals surface area contributed by atoms with E-state index in [4.69, 9.17) is 14.2 Å². The molecule has 0 amide bonds. The molecule has 0 atom stereocenters. The zero-order valence-corrected chi connectivity index (χ0v) is 47.4. The Morgan fingerprint density at radius 2 is 1.04 bits per heavy atom. The van der Waals surface area contributed by atoms with Crippen LogP contribution in [-0.4, -0.2) is 63.3 Å². The Labute approximate surface area is 428 Å². The zero-order chi connectivity index (χ0) is 53.5. The second-order valence-corrected chi connectivity index (χ2v) is 16.5. The second kappa shape index (κ2) is 34.9. The minimum Gasteiger partial charge on any atom is -0.491 e. The van der Waals surface area contributed by atoms with E-state index in [1.54, 1.807) is 6.33 Å². The van der Waals surface area contributed by atoms with Crippen LogP contribution < -0.4 is 14.2 Å². The molecule has 12 heteroatoms. The Morgan fingerprint density at radius 3 is 1.65 bits per heavy atom. The first-order chi connectivity index (χ1) is 34.4. The largest absolute Gasteiger partial charge is 0.491 e. The average Bonchev–Trinajstić information content (AvgIpc) is 4.27. The van der Waals surface area contributed by atoms with Crippen molar-refractivity contribution < 1.29 is 14.2 Å². The van der Waals surface area contributed by atoms with Gasteiger partial charge in [-0.05, 0) is 103 Å². The third-order valence-corrected chi connectivity index (χ3v) is 10.3. The fourth-order valence-electron chi connectivity index (χ4n) is 6.84. The molecule has 390 valence electrons. The van der Waals surface area contributed by atoms with Crippen LogP contribution in [0.15, 0.2) is 110 Å². The lowest BCUT2D eigenvalue weighted by molar-refractivity contribution is 0.164. The number of pyridine rings is 5. The number of hydrogen-bond acceptors (Lipinski definition) is 9. The van der Waals surface area contributed by atoms with E-state index < -0.39 is 0 Å². The van der Waals surface area contributed by atoms with Gasteiger partial charge in [-0.15, -0.1) is 10.2 Å². The lowest BCUT2D eigenvalue weighted by Crippen LogP contribution is -2.16. The van der Waals surface area contributed by atoms with Crippen LogP contribution in [0.3, 0.4) is 0 Å². The van der Waals surface area contributed by atoms with Gasteiger partial charge in [0.1, 0.15) is 30.9 Å². The van der Waals surface area contributed by atoms with Crippen molar-refractivity contribution in [1.29, 1.82) is 0 Å². The molecular formula is C59H91N9O3. The van der Waals surface area contributed by atoms with Crippen molar-refractivity contribution >= 4 is 22.3 Å². The number of aromatic nitrogens is 9. The number of imidazole rings is 1. The van der Waals surface area contributed by atoms with Crippen LogP contribution in [0.4, 0.5) is 0 Å². The van der Waals surface area contributed by atoms with Crippen LogP contribution in [0.1, 0.15) is 196 Å². The predicted octanol–water partition coefficient (Wildman–Crippen LogP) is 16.2. The van der Waals surface area contributed by atoms with Crippen molar-refractivity contribution in [2.75, 3.05) is 19.8 Å². The summed E-state index contributed by atoms with van der Waals surface area (Å²) in [5.41, 5.74) is 10.2. The van der Waals surface area contributed by atoms with Gasteiger partial charge in [-0.1, -0.05) is 137 Å². The minimum absolute atomic E-state index is 0.427. The summed E-state index contributed by atoms with van der Waals surface area (Å²) in [7, 11) is 0. The fourth-order valence-corrected chi connectivity index (χ4v) is 6.84. The topological polar surface area (TPSA) is 119 Å². The summed E-state index contributed by atoms with van der Waals surface area (Å²) in [5.74, 6) is 4.34. The van der Waals surface area contributed by atoms with Gasteiger partial charge in [0.05, 0.1) is 23.3 Å².